The number of fused-ring (bicyclic) bond motifs is 1. The van der Waals surface area contributed by atoms with Crippen molar-refractivity contribution in [3.05, 3.63) is 47.2 Å². The molecule has 2 aliphatic heterocycles. The molecule has 3 rings (SSSR count). The molecule has 1 aromatic rings. The van der Waals surface area contributed by atoms with Gasteiger partial charge in [-0.25, -0.2) is 8.42 Å². The zero-order chi connectivity index (χ0) is 20.5. The number of β-lactam (4-membered cyclic amide) rings is 1. The number of hydrogen-bond donors (Lipinski definition) is 0. The van der Waals surface area contributed by atoms with Crippen molar-refractivity contribution in [2.45, 2.75) is 24.1 Å². The summed E-state index contributed by atoms with van der Waals surface area (Å²) >= 11 is 11.2. The van der Waals surface area contributed by atoms with Crippen LogP contribution in [-0.2, 0) is 35.3 Å². The fraction of sp³-hybridized carbons (Fsp3) is 0.389. The Morgan fingerprint density at radius 1 is 1.29 bits per heavy atom. The zero-order valence-corrected chi connectivity index (χ0v) is 17.3. The number of sulfone groups is 1. The third kappa shape index (κ3) is 4.06. The third-order valence-corrected chi connectivity index (χ3v) is 7.26. The molecule has 0 spiro atoms. The first-order valence-electron chi connectivity index (χ1n) is 8.47. The maximum absolute atomic E-state index is 12.5. The highest BCUT2D eigenvalue weighted by molar-refractivity contribution is 7.92. The Morgan fingerprint density at radius 2 is 1.96 bits per heavy atom. The fourth-order valence-electron chi connectivity index (χ4n) is 3.09. The van der Waals surface area contributed by atoms with Crippen LogP contribution < -0.4 is 0 Å². The number of carbonyl (C=O) groups excluding carboxylic acids is 2. The minimum atomic E-state index is -3.72. The Bertz CT molecular complexity index is 944. The smallest absolute Gasteiger partial charge is 0.302 e. The highest BCUT2D eigenvalue weighted by Crippen LogP contribution is 2.40. The maximum atomic E-state index is 12.5. The van der Waals surface area contributed by atoms with Crippen molar-refractivity contribution in [2.24, 2.45) is 0 Å². The van der Waals surface area contributed by atoms with E-state index in [0.717, 1.165) is 10.5 Å². The van der Waals surface area contributed by atoms with Crippen LogP contribution in [0.2, 0.25) is 0 Å². The molecular formula is C18H18ClNO6S2. The van der Waals surface area contributed by atoms with Gasteiger partial charge in [-0.05, 0) is 17.8 Å². The Kier molecular flexibility index (Phi) is 6.07. The normalized spacial score (nSPS) is 22.9. The standard InChI is InChI=1S/C18H18ClNO6S2/c1-11(21)26-9-13-10-28(23,24)17-14(19)16(22)20(17)15(13)18(27)25-8-7-12-5-3-2-4-6-12/h2-6,14,17H,7-10H2,1H3/t14-,17?/m0/s1. The van der Waals surface area contributed by atoms with Gasteiger partial charge >= 0.3 is 5.97 Å². The Balaban J connectivity index is 1.82. The molecule has 1 unspecified atom stereocenters. The molecule has 1 saturated heterocycles. The molecule has 1 amide bonds. The number of alkyl halides is 1. The molecule has 28 heavy (non-hydrogen) atoms. The van der Waals surface area contributed by atoms with Gasteiger partial charge in [-0.2, -0.15) is 0 Å². The lowest BCUT2D eigenvalue weighted by Crippen LogP contribution is -2.68. The summed E-state index contributed by atoms with van der Waals surface area (Å²) in [6.07, 6.45) is 0.585. The summed E-state index contributed by atoms with van der Waals surface area (Å²) in [5, 5.41) is -2.37. The molecule has 7 nitrogen and oxygen atoms in total. The molecule has 0 radical (unpaired) electrons. The first kappa shape index (κ1) is 20.8. The van der Waals surface area contributed by atoms with Gasteiger partial charge in [0.25, 0.3) is 0 Å². The number of nitrogens with zero attached hydrogens (tertiary/aromatic N) is 1. The molecule has 1 fully saturated rings. The summed E-state index contributed by atoms with van der Waals surface area (Å²) < 4.78 is 35.5. The van der Waals surface area contributed by atoms with Crippen LogP contribution in [0.25, 0.3) is 0 Å². The minimum absolute atomic E-state index is 0.0186. The molecule has 2 heterocycles. The van der Waals surface area contributed by atoms with Crippen LogP contribution in [0.3, 0.4) is 0 Å². The Labute approximate surface area is 173 Å². The fourth-order valence-corrected chi connectivity index (χ4v) is 5.99. The van der Waals surface area contributed by atoms with E-state index in [1.54, 1.807) is 0 Å². The number of esters is 1. The second-order valence-electron chi connectivity index (χ2n) is 6.41. The van der Waals surface area contributed by atoms with Crippen molar-refractivity contribution in [3.63, 3.8) is 0 Å². The number of hydrogen-bond acceptors (Lipinski definition) is 7. The van der Waals surface area contributed by atoms with E-state index in [2.05, 4.69) is 0 Å². The van der Waals surface area contributed by atoms with E-state index in [1.807, 2.05) is 30.3 Å². The van der Waals surface area contributed by atoms with E-state index < -0.39 is 38.2 Å². The number of carbonyl (C=O) groups is 2. The summed E-state index contributed by atoms with van der Waals surface area (Å²) in [4.78, 5) is 24.5. The van der Waals surface area contributed by atoms with Crippen LogP contribution in [0.5, 0.6) is 0 Å². The average molecular weight is 444 g/mol. The second kappa shape index (κ2) is 8.18. The Morgan fingerprint density at radius 3 is 2.61 bits per heavy atom. The molecular weight excluding hydrogens is 426 g/mol. The molecule has 0 aromatic heterocycles. The molecule has 1 aromatic carbocycles. The van der Waals surface area contributed by atoms with Crippen molar-refractivity contribution in [2.75, 3.05) is 19.0 Å². The molecule has 10 heteroatoms. The van der Waals surface area contributed by atoms with Crippen molar-refractivity contribution in [1.29, 1.82) is 0 Å². The lowest BCUT2D eigenvalue weighted by Gasteiger charge is -2.47. The van der Waals surface area contributed by atoms with Gasteiger partial charge in [-0.1, -0.05) is 30.3 Å². The highest BCUT2D eigenvalue weighted by atomic mass is 35.5. The third-order valence-electron chi connectivity index (χ3n) is 4.41. The van der Waals surface area contributed by atoms with Crippen LogP contribution >= 0.6 is 23.8 Å². The summed E-state index contributed by atoms with van der Waals surface area (Å²) in [5.41, 5.74) is 1.41. The number of rotatable bonds is 6. The van der Waals surface area contributed by atoms with Gasteiger partial charge in [-0.15, -0.1) is 11.6 Å². The summed E-state index contributed by atoms with van der Waals surface area (Å²) in [5.74, 6) is -1.55. The quantitative estimate of drug-likeness (QED) is 0.285. The van der Waals surface area contributed by atoms with Crippen LogP contribution in [0.15, 0.2) is 41.6 Å². The van der Waals surface area contributed by atoms with Crippen molar-refractivity contribution in [3.8, 4) is 0 Å². The molecule has 0 aliphatic carbocycles. The average Bonchev–Trinajstić information content (AvgIpc) is 2.65. The first-order valence-corrected chi connectivity index (χ1v) is 11.0. The summed E-state index contributed by atoms with van der Waals surface area (Å²) in [6.45, 7) is 1.16. The van der Waals surface area contributed by atoms with Crippen LogP contribution in [0.4, 0.5) is 0 Å². The molecule has 2 atom stereocenters. The molecule has 0 bridgehead atoms. The van der Waals surface area contributed by atoms with Crippen molar-refractivity contribution in [1.82, 2.24) is 4.90 Å². The van der Waals surface area contributed by atoms with E-state index in [9.17, 15) is 18.0 Å². The van der Waals surface area contributed by atoms with E-state index in [4.69, 9.17) is 33.3 Å². The van der Waals surface area contributed by atoms with Gasteiger partial charge in [0.2, 0.25) is 11.0 Å². The molecule has 150 valence electrons. The predicted octanol–water partition coefficient (Wildman–Crippen LogP) is 1.59. The van der Waals surface area contributed by atoms with Gasteiger partial charge in [-0.3, -0.25) is 14.5 Å². The van der Waals surface area contributed by atoms with Gasteiger partial charge in [0.15, 0.2) is 15.2 Å². The zero-order valence-electron chi connectivity index (χ0n) is 15.0. The summed E-state index contributed by atoms with van der Waals surface area (Å²) in [6, 6.07) is 9.60. The number of thiocarbonyl (C=S) groups is 1. The van der Waals surface area contributed by atoms with E-state index in [1.165, 1.54) is 6.92 Å². The number of benzene rings is 1. The predicted molar refractivity (Wildman–Crippen MR) is 106 cm³/mol. The van der Waals surface area contributed by atoms with E-state index in [-0.39, 0.29) is 29.5 Å². The largest absolute Gasteiger partial charge is 0.481 e. The van der Waals surface area contributed by atoms with Gasteiger partial charge in [0, 0.05) is 18.9 Å². The van der Waals surface area contributed by atoms with Crippen molar-refractivity contribution < 1.29 is 27.5 Å². The monoisotopic (exact) mass is 443 g/mol. The minimum Gasteiger partial charge on any atom is -0.481 e. The topological polar surface area (TPSA) is 90.0 Å². The molecule has 0 saturated carbocycles. The Hall–Kier alpha value is -1.97. The van der Waals surface area contributed by atoms with Gasteiger partial charge in [0.1, 0.15) is 17.7 Å². The van der Waals surface area contributed by atoms with E-state index in [0.29, 0.717) is 6.42 Å². The number of amides is 1. The lowest BCUT2D eigenvalue weighted by atomic mass is 10.1. The van der Waals surface area contributed by atoms with Crippen LogP contribution in [0, 0.1) is 0 Å². The van der Waals surface area contributed by atoms with Gasteiger partial charge in [0.05, 0.1) is 12.4 Å². The number of ether oxygens (including phenoxy) is 2. The molecule has 2 aliphatic rings. The first-order chi connectivity index (χ1) is 13.2. The molecule has 0 N–H and O–H groups in total. The van der Waals surface area contributed by atoms with E-state index >= 15 is 0 Å². The van der Waals surface area contributed by atoms with Crippen LogP contribution in [-0.4, -0.2) is 60.0 Å². The van der Waals surface area contributed by atoms with Crippen LogP contribution in [0.1, 0.15) is 12.5 Å². The maximum Gasteiger partial charge on any atom is 0.302 e. The van der Waals surface area contributed by atoms with Crippen molar-refractivity contribution >= 4 is 50.6 Å². The van der Waals surface area contributed by atoms with Gasteiger partial charge < -0.3 is 9.47 Å². The lowest BCUT2D eigenvalue weighted by molar-refractivity contribution is -0.140. The highest BCUT2D eigenvalue weighted by Gasteiger charge is 2.59. The number of halogens is 1. The SMILES string of the molecule is CC(=O)OCC1=C(C(=S)OCCc2ccccc2)N2C(=O)[C@H](Cl)C2S(=O)(=O)C1. The summed E-state index contributed by atoms with van der Waals surface area (Å²) in [7, 11) is -3.72. The second-order valence-corrected chi connectivity index (χ2v) is 9.35.